The van der Waals surface area contributed by atoms with Crippen molar-refractivity contribution in [3.63, 3.8) is 0 Å². The Morgan fingerprint density at radius 3 is 2.17 bits per heavy atom. The SMILES string of the molecule is CCC(C)NC(=O)C(CC)N(Cc1ccccc1Cl)C(=O)CN(c1cc(Cl)ccc1Cl)S(=O)(=O)c1ccc(C)cc1. The number of halogens is 3. The van der Waals surface area contributed by atoms with E-state index in [4.69, 9.17) is 34.8 Å². The number of amides is 2. The smallest absolute Gasteiger partial charge is 0.264 e. The van der Waals surface area contributed by atoms with E-state index in [1.165, 1.54) is 35.2 Å². The minimum Gasteiger partial charge on any atom is -0.352 e. The van der Waals surface area contributed by atoms with Gasteiger partial charge in [-0.05, 0) is 68.7 Å². The van der Waals surface area contributed by atoms with Gasteiger partial charge in [0.25, 0.3) is 10.0 Å². The highest BCUT2D eigenvalue weighted by Gasteiger charge is 2.35. The first-order valence-corrected chi connectivity index (χ1v) is 15.8. The summed E-state index contributed by atoms with van der Waals surface area (Å²) >= 11 is 19.1. The molecule has 2 atom stereocenters. The zero-order chi connectivity index (χ0) is 30.3. The second-order valence-corrected chi connectivity index (χ2v) is 12.9. The number of hydrogen-bond acceptors (Lipinski definition) is 4. The summed E-state index contributed by atoms with van der Waals surface area (Å²) in [4.78, 5) is 28.9. The van der Waals surface area contributed by atoms with E-state index in [-0.39, 0.29) is 39.1 Å². The molecule has 0 bridgehead atoms. The van der Waals surface area contributed by atoms with Crippen molar-refractivity contribution < 1.29 is 18.0 Å². The van der Waals surface area contributed by atoms with Crippen LogP contribution in [0.25, 0.3) is 0 Å². The van der Waals surface area contributed by atoms with Gasteiger partial charge >= 0.3 is 0 Å². The standard InChI is InChI=1S/C30H34Cl3N3O4S/c1-5-21(4)34-30(38)27(6-2)35(18-22-9-7-8-10-25(22)32)29(37)19-36(28-17-23(31)13-16-26(28)33)41(39,40)24-14-11-20(3)12-15-24/h7-17,21,27H,5-6,18-19H2,1-4H3,(H,34,38). The van der Waals surface area contributed by atoms with Gasteiger partial charge in [-0.15, -0.1) is 0 Å². The quantitative estimate of drug-likeness (QED) is 0.235. The number of anilines is 1. The first kappa shape index (κ1) is 32.7. The minimum atomic E-state index is -4.28. The third-order valence-electron chi connectivity index (χ3n) is 6.75. The highest BCUT2D eigenvalue weighted by Crippen LogP contribution is 2.33. The number of benzene rings is 3. The van der Waals surface area contributed by atoms with Gasteiger partial charge in [0.1, 0.15) is 12.6 Å². The van der Waals surface area contributed by atoms with Crippen molar-refractivity contribution in [1.29, 1.82) is 0 Å². The van der Waals surface area contributed by atoms with Gasteiger partial charge in [0.2, 0.25) is 11.8 Å². The van der Waals surface area contributed by atoms with E-state index in [1.807, 2.05) is 20.8 Å². The lowest BCUT2D eigenvalue weighted by Gasteiger charge is -2.34. The molecule has 0 aromatic heterocycles. The highest BCUT2D eigenvalue weighted by molar-refractivity contribution is 7.92. The van der Waals surface area contributed by atoms with E-state index in [1.54, 1.807) is 43.3 Å². The monoisotopic (exact) mass is 637 g/mol. The van der Waals surface area contributed by atoms with Crippen LogP contribution in [0, 0.1) is 6.92 Å². The first-order valence-electron chi connectivity index (χ1n) is 13.3. The lowest BCUT2D eigenvalue weighted by Crippen LogP contribution is -2.53. The fourth-order valence-electron chi connectivity index (χ4n) is 4.20. The Kier molecular flexibility index (Phi) is 11.5. The van der Waals surface area contributed by atoms with Crippen molar-refractivity contribution in [2.75, 3.05) is 10.8 Å². The maximum Gasteiger partial charge on any atom is 0.264 e. The molecule has 0 fully saturated rings. The number of nitrogens with one attached hydrogen (secondary N) is 1. The Bertz CT molecular complexity index is 1480. The van der Waals surface area contributed by atoms with E-state index in [0.717, 1.165) is 9.87 Å². The van der Waals surface area contributed by atoms with E-state index in [9.17, 15) is 18.0 Å². The average molecular weight is 639 g/mol. The Morgan fingerprint density at radius 1 is 0.902 bits per heavy atom. The van der Waals surface area contributed by atoms with Gasteiger partial charge in [-0.3, -0.25) is 13.9 Å². The molecule has 0 aliphatic heterocycles. The number of rotatable bonds is 12. The van der Waals surface area contributed by atoms with Gasteiger partial charge in [-0.2, -0.15) is 0 Å². The number of sulfonamides is 1. The number of hydrogen-bond donors (Lipinski definition) is 1. The number of carbonyl (C=O) groups excluding carboxylic acids is 2. The molecule has 0 saturated carbocycles. The largest absolute Gasteiger partial charge is 0.352 e. The Balaban J connectivity index is 2.11. The van der Waals surface area contributed by atoms with Crippen molar-refractivity contribution in [1.82, 2.24) is 10.2 Å². The Morgan fingerprint density at radius 2 is 1.56 bits per heavy atom. The fourth-order valence-corrected chi connectivity index (χ4v) is 6.25. The summed E-state index contributed by atoms with van der Waals surface area (Å²) in [6, 6.07) is 16.7. The molecule has 0 aliphatic rings. The summed E-state index contributed by atoms with van der Waals surface area (Å²) in [5.74, 6) is -0.946. The van der Waals surface area contributed by atoms with E-state index in [0.29, 0.717) is 23.4 Å². The normalized spacial score (nSPS) is 12.9. The van der Waals surface area contributed by atoms with Crippen molar-refractivity contribution in [2.45, 2.75) is 64.1 Å². The van der Waals surface area contributed by atoms with Gasteiger partial charge in [0, 0.05) is 22.6 Å². The van der Waals surface area contributed by atoms with Crippen LogP contribution in [-0.4, -0.2) is 43.8 Å². The molecule has 2 amide bonds. The molecule has 41 heavy (non-hydrogen) atoms. The third-order valence-corrected chi connectivity index (χ3v) is 9.45. The van der Waals surface area contributed by atoms with Gasteiger partial charge < -0.3 is 10.2 Å². The first-order chi connectivity index (χ1) is 19.4. The van der Waals surface area contributed by atoms with Gasteiger partial charge in [-0.25, -0.2) is 8.42 Å². The van der Waals surface area contributed by atoms with Crippen molar-refractivity contribution >= 4 is 62.3 Å². The molecule has 0 aliphatic carbocycles. The summed E-state index contributed by atoms with van der Waals surface area (Å²) in [6.07, 6.45) is 0.998. The summed E-state index contributed by atoms with van der Waals surface area (Å²) in [7, 11) is -4.28. The molecule has 0 radical (unpaired) electrons. The zero-order valence-electron chi connectivity index (χ0n) is 23.4. The average Bonchev–Trinajstić information content (AvgIpc) is 2.94. The second-order valence-electron chi connectivity index (χ2n) is 9.78. The maximum absolute atomic E-state index is 14.2. The number of nitrogens with zero attached hydrogens (tertiary/aromatic N) is 2. The summed E-state index contributed by atoms with van der Waals surface area (Å²) in [6.45, 7) is 6.82. The van der Waals surface area contributed by atoms with Crippen LogP contribution >= 0.6 is 34.8 Å². The molecule has 11 heteroatoms. The predicted octanol–water partition coefficient (Wildman–Crippen LogP) is 6.87. The van der Waals surface area contributed by atoms with Crippen LogP contribution in [0.3, 0.4) is 0 Å². The van der Waals surface area contributed by atoms with Crippen LogP contribution in [0.2, 0.25) is 15.1 Å². The molecular weight excluding hydrogens is 605 g/mol. The Hall–Kier alpha value is -2.78. The zero-order valence-corrected chi connectivity index (χ0v) is 26.5. The maximum atomic E-state index is 14.2. The van der Waals surface area contributed by atoms with Gasteiger partial charge in [-0.1, -0.05) is 84.5 Å². The second kappa shape index (κ2) is 14.4. The number of aryl methyl sites for hydroxylation is 1. The molecule has 3 rings (SSSR count). The lowest BCUT2D eigenvalue weighted by atomic mass is 10.1. The van der Waals surface area contributed by atoms with Crippen molar-refractivity contribution in [2.24, 2.45) is 0 Å². The van der Waals surface area contributed by atoms with Gasteiger partial charge in [0.05, 0.1) is 15.6 Å². The van der Waals surface area contributed by atoms with Crippen LogP contribution in [0.4, 0.5) is 5.69 Å². The van der Waals surface area contributed by atoms with E-state index < -0.39 is 28.5 Å². The molecule has 1 N–H and O–H groups in total. The molecule has 220 valence electrons. The van der Waals surface area contributed by atoms with Gasteiger partial charge in [0.15, 0.2) is 0 Å². The van der Waals surface area contributed by atoms with Crippen molar-refractivity contribution in [3.8, 4) is 0 Å². The predicted molar refractivity (Wildman–Crippen MR) is 166 cm³/mol. The summed E-state index contributed by atoms with van der Waals surface area (Å²) < 4.78 is 28.9. The highest BCUT2D eigenvalue weighted by atomic mass is 35.5. The molecule has 7 nitrogen and oxygen atoms in total. The molecule has 0 heterocycles. The molecule has 2 unspecified atom stereocenters. The molecule has 0 saturated heterocycles. The third kappa shape index (κ3) is 8.16. The topological polar surface area (TPSA) is 86.8 Å². The fraction of sp³-hybridized carbons (Fsp3) is 0.333. The minimum absolute atomic E-state index is 0.00730. The van der Waals surface area contributed by atoms with Crippen LogP contribution < -0.4 is 9.62 Å². The molecule has 0 spiro atoms. The molecule has 3 aromatic carbocycles. The van der Waals surface area contributed by atoms with Crippen molar-refractivity contribution in [3.05, 3.63) is 92.9 Å². The molecule has 3 aromatic rings. The lowest BCUT2D eigenvalue weighted by molar-refractivity contribution is -0.140. The number of carbonyl (C=O) groups is 2. The van der Waals surface area contributed by atoms with Crippen LogP contribution in [-0.2, 0) is 26.2 Å². The summed E-state index contributed by atoms with van der Waals surface area (Å²) in [5.41, 5.74) is 1.53. The van der Waals surface area contributed by atoms with Crippen LogP contribution in [0.5, 0.6) is 0 Å². The Labute approximate surface area is 257 Å². The van der Waals surface area contributed by atoms with Crippen LogP contribution in [0.15, 0.2) is 71.6 Å². The van der Waals surface area contributed by atoms with E-state index >= 15 is 0 Å². The van der Waals surface area contributed by atoms with E-state index in [2.05, 4.69) is 5.32 Å². The summed E-state index contributed by atoms with van der Waals surface area (Å²) in [5, 5.41) is 3.70. The van der Waals surface area contributed by atoms with Crippen LogP contribution in [0.1, 0.15) is 44.7 Å². The molecular formula is C30H34Cl3N3O4S.